The van der Waals surface area contributed by atoms with E-state index in [-0.39, 0.29) is 19.0 Å². The van der Waals surface area contributed by atoms with Crippen LogP contribution in [0.25, 0.3) is 0 Å². The molecule has 0 heterocycles. The average Bonchev–Trinajstić information content (AvgIpc) is 2.20. The van der Waals surface area contributed by atoms with Gasteiger partial charge in [0.25, 0.3) is 0 Å². The second-order valence-corrected chi connectivity index (χ2v) is 4.45. The van der Waals surface area contributed by atoms with E-state index >= 15 is 0 Å². The Kier molecular flexibility index (Phi) is 6.30. The molecule has 0 aromatic heterocycles. The van der Waals surface area contributed by atoms with Crippen molar-refractivity contribution in [2.75, 3.05) is 13.2 Å². The Morgan fingerprint density at radius 1 is 1.24 bits per heavy atom. The summed E-state index contributed by atoms with van der Waals surface area (Å²) in [5.74, 6) is 0.104. The second-order valence-electron chi connectivity index (χ2n) is 4.45. The number of alkyl halides is 3. The maximum Gasteiger partial charge on any atom is 0.391 e. The molecule has 0 spiro atoms. The lowest BCUT2D eigenvalue weighted by atomic mass is 9.87. The van der Waals surface area contributed by atoms with Gasteiger partial charge in [-0.05, 0) is 12.8 Å². The molecule has 0 aliphatic carbocycles. The number of nitrogens with two attached hydrogens (primary N) is 1. The molecule has 0 bridgehead atoms. The molecule has 0 radical (unpaired) electrons. The summed E-state index contributed by atoms with van der Waals surface area (Å²) < 4.78 is 40.2. The van der Waals surface area contributed by atoms with Crippen LogP contribution >= 0.6 is 0 Å². The zero-order chi connectivity index (χ0) is 13.5. The molecule has 7 heteroatoms. The van der Waals surface area contributed by atoms with Crippen molar-refractivity contribution in [2.24, 2.45) is 16.3 Å². The van der Waals surface area contributed by atoms with E-state index in [4.69, 9.17) is 15.7 Å². The van der Waals surface area contributed by atoms with Gasteiger partial charge in [-0.2, -0.15) is 13.2 Å². The van der Waals surface area contributed by atoms with Crippen LogP contribution in [0, 0.1) is 5.41 Å². The highest BCUT2D eigenvalue weighted by molar-refractivity contribution is 5.85. The van der Waals surface area contributed by atoms with Crippen molar-refractivity contribution in [1.82, 2.24) is 0 Å². The van der Waals surface area contributed by atoms with Crippen LogP contribution in [0.3, 0.4) is 0 Å². The standard InChI is InChI=1S/C10H19F3N2O2/c1-9(2,8(14)15-16)4-3-6-17-7-5-10(11,12)13/h16H,3-7H2,1-2H3,(H2,14,15). The van der Waals surface area contributed by atoms with Crippen molar-refractivity contribution < 1.29 is 23.1 Å². The molecule has 102 valence electrons. The minimum atomic E-state index is -4.17. The number of ether oxygens (including phenoxy) is 1. The normalized spacial score (nSPS) is 14.1. The van der Waals surface area contributed by atoms with Gasteiger partial charge in [0.2, 0.25) is 0 Å². The van der Waals surface area contributed by atoms with E-state index in [1.807, 2.05) is 0 Å². The Bertz CT molecular complexity index is 252. The summed E-state index contributed by atoms with van der Waals surface area (Å²) >= 11 is 0. The molecule has 0 aliphatic heterocycles. The van der Waals surface area contributed by atoms with Crippen LogP contribution < -0.4 is 5.73 Å². The van der Waals surface area contributed by atoms with Crippen LogP contribution in [0.1, 0.15) is 33.1 Å². The minimum absolute atomic E-state index is 0.104. The molecule has 0 aromatic rings. The van der Waals surface area contributed by atoms with Crippen LogP contribution in [0.15, 0.2) is 5.16 Å². The number of amidine groups is 1. The molecule has 3 N–H and O–H groups in total. The van der Waals surface area contributed by atoms with E-state index in [2.05, 4.69) is 5.16 Å². The monoisotopic (exact) mass is 256 g/mol. The van der Waals surface area contributed by atoms with Gasteiger partial charge in [-0.15, -0.1) is 0 Å². The fourth-order valence-electron chi connectivity index (χ4n) is 1.17. The molecular weight excluding hydrogens is 237 g/mol. The molecule has 0 amide bonds. The highest BCUT2D eigenvalue weighted by atomic mass is 19.4. The van der Waals surface area contributed by atoms with Crippen molar-refractivity contribution in [3.05, 3.63) is 0 Å². The Hall–Kier alpha value is -0.980. The van der Waals surface area contributed by atoms with E-state index in [0.29, 0.717) is 12.8 Å². The Labute approximate surface area is 98.6 Å². The molecule has 0 aliphatic rings. The van der Waals surface area contributed by atoms with Crippen LogP contribution in [0.5, 0.6) is 0 Å². The van der Waals surface area contributed by atoms with Gasteiger partial charge in [0.1, 0.15) is 5.84 Å². The van der Waals surface area contributed by atoms with E-state index in [0.717, 1.165) is 0 Å². The molecule has 17 heavy (non-hydrogen) atoms. The van der Waals surface area contributed by atoms with E-state index in [9.17, 15) is 13.2 Å². The summed E-state index contributed by atoms with van der Waals surface area (Å²) in [5.41, 5.74) is 4.98. The number of oxime groups is 1. The van der Waals surface area contributed by atoms with Crippen molar-refractivity contribution >= 4 is 5.84 Å². The smallest absolute Gasteiger partial charge is 0.391 e. The SMILES string of the molecule is CC(C)(CCCOCCC(F)(F)F)C(N)=NO. The van der Waals surface area contributed by atoms with Gasteiger partial charge >= 0.3 is 6.18 Å². The van der Waals surface area contributed by atoms with Crippen LogP contribution in [0.2, 0.25) is 0 Å². The molecule has 0 unspecified atom stereocenters. The topological polar surface area (TPSA) is 67.8 Å². The van der Waals surface area contributed by atoms with Crippen molar-refractivity contribution in [3.63, 3.8) is 0 Å². The summed E-state index contributed by atoms with van der Waals surface area (Å²) in [6, 6.07) is 0. The first-order valence-corrected chi connectivity index (χ1v) is 5.31. The van der Waals surface area contributed by atoms with Gasteiger partial charge in [0.05, 0.1) is 13.0 Å². The minimum Gasteiger partial charge on any atom is -0.409 e. The lowest BCUT2D eigenvalue weighted by molar-refractivity contribution is -0.145. The summed E-state index contributed by atoms with van der Waals surface area (Å²) in [6.07, 6.45) is -3.97. The zero-order valence-electron chi connectivity index (χ0n) is 10.0. The molecule has 0 atom stereocenters. The molecule has 4 nitrogen and oxygen atoms in total. The second kappa shape index (κ2) is 6.68. The highest BCUT2D eigenvalue weighted by Gasteiger charge is 2.26. The third-order valence-corrected chi connectivity index (χ3v) is 2.42. The van der Waals surface area contributed by atoms with Gasteiger partial charge in [-0.3, -0.25) is 0 Å². The van der Waals surface area contributed by atoms with Gasteiger partial charge in [0.15, 0.2) is 0 Å². The van der Waals surface area contributed by atoms with Gasteiger partial charge in [-0.1, -0.05) is 19.0 Å². The van der Waals surface area contributed by atoms with Gasteiger partial charge < -0.3 is 15.7 Å². The summed E-state index contributed by atoms with van der Waals surface area (Å²) in [4.78, 5) is 0. The lowest BCUT2D eigenvalue weighted by Gasteiger charge is -2.22. The maximum atomic E-state index is 11.8. The fraction of sp³-hybridized carbons (Fsp3) is 0.900. The van der Waals surface area contributed by atoms with Crippen molar-refractivity contribution in [2.45, 2.75) is 39.3 Å². The molecule has 0 saturated heterocycles. The average molecular weight is 256 g/mol. The molecule has 0 fully saturated rings. The summed E-state index contributed by atoms with van der Waals surface area (Å²) in [5, 5.41) is 11.4. The van der Waals surface area contributed by atoms with Gasteiger partial charge in [0, 0.05) is 12.0 Å². The zero-order valence-corrected chi connectivity index (χ0v) is 10.0. The van der Waals surface area contributed by atoms with Crippen LogP contribution in [-0.2, 0) is 4.74 Å². The van der Waals surface area contributed by atoms with E-state index in [1.165, 1.54) is 0 Å². The first kappa shape index (κ1) is 16.0. The maximum absolute atomic E-state index is 11.8. The largest absolute Gasteiger partial charge is 0.409 e. The number of hydrogen-bond donors (Lipinski definition) is 2. The number of rotatable bonds is 7. The third-order valence-electron chi connectivity index (χ3n) is 2.42. The summed E-state index contributed by atoms with van der Waals surface area (Å²) in [6.45, 7) is 3.49. The number of hydrogen-bond acceptors (Lipinski definition) is 3. The van der Waals surface area contributed by atoms with Gasteiger partial charge in [-0.25, -0.2) is 0 Å². The Morgan fingerprint density at radius 2 is 1.82 bits per heavy atom. The number of halogens is 3. The molecule has 0 saturated carbocycles. The van der Waals surface area contributed by atoms with Crippen molar-refractivity contribution in [1.29, 1.82) is 0 Å². The van der Waals surface area contributed by atoms with E-state index in [1.54, 1.807) is 13.8 Å². The predicted molar refractivity (Wildman–Crippen MR) is 57.9 cm³/mol. The molecular formula is C10H19F3N2O2. The Morgan fingerprint density at radius 3 is 2.29 bits per heavy atom. The number of nitrogens with zero attached hydrogens (tertiary/aromatic N) is 1. The quantitative estimate of drug-likeness (QED) is 0.242. The highest BCUT2D eigenvalue weighted by Crippen LogP contribution is 2.23. The fourth-order valence-corrected chi connectivity index (χ4v) is 1.17. The Balaban J connectivity index is 3.65. The lowest BCUT2D eigenvalue weighted by Crippen LogP contribution is -2.32. The first-order chi connectivity index (χ1) is 7.69. The van der Waals surface area contributed by atoms with Crippen molar-refractivity contribution in [3.8, 4) is 0 Å². The molecule has 0 aromatic carbocycles. The van der Waals surface area contributed by atoms with Crippen LogP contribution in [0.4, 0.5) is 13.2 Å². The summed E-state index contributed by atoms with van der Waals surface area (Å²) in [7, 11) is 0. The predicted octanol–water partition coefficient (Wildman–Crippen LogP) is 2.51. The van der Waals surface area contributed by atoms with Crippen LogP contribution in [-0.4, -0.2) is 30.4 Å². The molecule has 0 rings (SSSR count). The first-order valence-electron chi connectivity index (χ1n) is 5.31. The van der Waals surface area contributed by atoms with E-state index < -0.39 is 18.0 Å². The third kappa shape index (κ3) is 7.84.